The number of para-hydroxylation sites is 1. The third kappa shape index (κ3) is 3.39. The largest absolute Gasteiger partial charge is 0.487 e. The van der Waals surface area contributed by atoms with Gasteiger partial charge in [0.25, 0.3) is 0 Å². The lowest BCUT2D eigenvalue weighted by Gasteiger charge is -2.07. The number of aromatic nitrogens is 1. The van der Waals surface area contributed by atoms with Gasteiger partial charge in [0.1, 0.15) is 17.2 Å². The standard InChI is InChI=1S/C21H17NO3S/c1-2-24-21(23)20-11-15-8-10-17(12-19(15)26-20)25-13-16-9-7-14-5-3-4-6-18(14)22-16/h3-12H,2,13H2,1H3. The predicted molar refractivity (Wildman–Crippen MR) is 104 cm³/mol. The number of fused-ring (bicyclic) bond motifs is 2. The summed E-state index contributed by atoms with van der Waals surface area (Å²) in [7, 11) is 0. The second-order valence-corrected chi connectivity index (χ2v) is 6.90. The van der Waals surface area contributed by atoms with E-state index in [2.05, 4.69) is 11.1 Å². The van der Waals surface area contributed by atoms with Gasteiger partial charge in [-0.15, -0.1) is 11.3 Å². The zero-order valence-corrected chi connectivity index (χ0v) is 15.1. The van der Waals surface area contributed by atoms with Gasteiger partial charge in [-0.25, -0.2) is 9.78 Å². The molecule has 0 aliphatic heterocycles. The number of nitrogens with zero attached hydrogens (tertiary/aromatic N) is 1. The average molecular weight is 363 g/mol. The molecule has 26 heavy (non-hydrogen) atoms. The Kier molecular flexibility index (Phi) is 4.54. The number of rotatable bonds is 5. The number of hydrogen-bond donors (Lipinski definition) is 0. The van der Waals surface area contributed by atoms with Gasteiger partial charge in [0.05, 0.1) is 17.8 Å². The molecule has 0 aliphatic carbocycles. The molecule has 2 aromatic heterocycles. The predicted octanol–water partition coefficient (Wildman–Crippen LogP) is 5.21. The van der Waals surface area contributed by atoms with Crippen LogP contribution < -0.4 is 4.74 Å². The zero-order chi connectivity index (χ0) is 17.9. The van der Waals surface area contributed by atoms with Crippen molar-refractivity contribution in [1.29, 1.82) is 0 Å². The minimum atomic E-state index is -0.281. The molecule has 4 rings (SSSR count). The van der Waals surface area contributed by atoms with Gasteiger partial charge in [-0.05, 0) is 48.7 Å². The second-order valence-electron chi connectivity index (χ2n) is 5.81. The van der Waals surface area contributed by atoms with Crippen molar-refractivity contribution in [2.24, 2.45) is 0 Å². The second kappa shape index (κ2) is 7.14. The van der Waals surface area contributed by atoms with Gasteiger partial charge in [0.2, 0.25) is 0 Å². The van der Waals surface area contributed by atoms with Crippen molar-refractivity contribution in [1.82, 2.24) is 4.98 Å². The molecule has 0 amide bonds. The summed E-state index contributed by atoms with van der Waals surface area (Å²) in [4.78, 5) is 17.1. The van der Waals surface area contributed by atoms with Gasteiger partial charge in [-0.1, -0.05) is 24.3 Å². The third-order valence-electron chi connectivity index (χ3n) is 4.01. The van der Waals surface area contributed by atoms with Crippen molar-refractivity contribution < 1.29 is 14.3 Å². The van der Waals surface area contributed by atoms with Crippen LogP contribution in [-0.2, 0) is 11.3 Å². The van der Waals surface area contributed by atoms with Crippen LogP contribution in [0.3, 0.4) is 0 Å². The van der Waals surface area contributed by atoms with Gasteiger partial charge in [-0.2, -0.15) is 0 Å². The fraction of sp³-hybridized carbons (Fsp3) is 0.143. The van der Waals surface area contributed by atoms with Crippen LogP contribution in [0, 0.1) is 0 Å². The maximum absolute atomic E-state index is 11.9. The van der Waals surface area contributed by atoms with Crippen LogP contribution in [-0.4, -0.2) is 17.6 Å². The number of hydrogen-bond acceptors (Lipinski definition) is 5. The Labute approximate surface area is 155 Å². The Morgan fingerprint density at radius 3 is 2.77 bits per heavy atom. The molecule has 0 unspecified atom stereocenters. The molecule has 0 spiro atoms. The van der Waals surface area contributed by atoms with Gasteiger partial charge in [0.15, 0.2) is 0 Å². The Morgan fingerprint density at radius 1 is 1.04 bits per heavy atom. The first kappa shape index (κ1) is 16.5. The van der Waals surface area contributed by atoms with E-state index in [1.165, 1.54) is 11.3 Å². The average Bonchev–Trinajstić information content (AvgIpc) is 3.10. The Morgan fingerprint density at radius 2 is 1.88 bits per heavy atom. The maximum Gasteiger partial charge on any atom is 0.348 e. The number of esters is 1. The van der Waals surface area contributed by atoms with Crippen molar-refractivity contribution in [2.45, 2.75) is 13.5 Å². The molecule has 0 radical (unpaired) electrons. The molecule has 4 aromatic rings. The summed E-state index contributed by atoms with van der Waals surface area (Å²) >= 11 is 1.41. The van der Waals surface area contributed by atoms with Gasteiger partial charge in [0, 0.05) is 10.1 Å². The zero-order valence-electron chi connectivity index (χ0n) is 14.3. The van der Waals surface area contributed by atoms with Crippen molar-refractivity contribution in [2.75, 3.05) is 6.61 Å². The molecule has 0 saturated heterocycles. The number of carbonyl (C=O) groups is 1. The Balaban J connectivity index is 1.52. The lowest BCUT2D eigenvalue weighted by atomic mass is 10.2. The minimum absolute atomic E-state index is 0.281. The van der Waals surface area contributed by atoms with E-state index in [1.54, 1.807) is 6.92 Å². The van der Waals surface area contributed by atoms with Crippen molar-refractivity contribution in [3.63, 3.8) is 0 Å². The van der Waals surface area contributed by atoms with E-state index in [0.717, 1.165) is 32.4 Å². The summed E-state index contributed by atoms with van der Waals surface area (Å²) in [5, 5.41) is 2.12. The number of benzene rings is 2. The lowest BCUT2D eigenvalue weighted by molar-refractivity contribution is 0.0532. The molecule has 2 aromatic carbocycles. The Bertz CT molecular complexity index is 1090. The first-order valence-electron chi connectivity index (χ1n) is 8.41. The fourth-order valence-corrected chi connectivity index (χ4v) is 3.73. The molecule has 0 saturated carbocycles. The highest BCUT2D eigenvalue weighted by Gasteiger charge is 2.11. The van der Waals surface area contributed by atoms with E-state index in [4.69, 9.17) is 9.47 Å². The van der Waals surface area contributed by atoms with E-state index < -0.39 is 0 Å². The maximum atomic E-state index is 11.9. The van der Waals surface area contributed by atoms with Crippen LogP contribution >= 0.6 is 11.3 Å². The fourth-order valence-electron chi connectivity index (χ4n) is 2.75. The summed E-state index contributed by atoms with van der Waals surface area (Å²) in [6.45, 7) is 2.57. The highest BCUT2D eigenvalue weighted by molar-refractivity contribution is 7.20. The number of ether oxygens (including phenoxy) is 2. The van der Waals surface area contributed by atoms with Gasteiger partial charge < -0.3 is 9.47 Å². The molecule has 0 fully saturated rings. The van der Waals surface area contributed by atoms with Crippen LogP contribution in [0.2, 0.25) is 0 Å². The molecular weight excluding hydrogens is 346 g/mol. The molecule has 5 heteroatoms. The van der Waals surface area contributed by atoms with Crippen LogP contribution in [0.4, 0.5) is 0 Å². The molecule has 0 N–H and O–H groups in total. The number of pyridine rings is 1. The minimum Gasteiger partial charge on any atom is -0.487 e. The normalized spacial score (nSPS) is 11.0. The lowest BCUT2D eigenvalue weighted by Crippen LogP contribution is -2.01. The summed E-state index contributed by atoms with van der Waals surface area (Å²) in [6.07, 6.45) is 0. The van der Waals surface area contributed by atoms with Crippen LogP contribution in [0.5, 0.6) is 5.75 Å². The van der Waals surface area contributed by atoms with E-state index in [-0.39, 0.29) is 5.97 Å². The molecule has 130 valence electrons. The summed E-state index contributed by atoms with van der Waals surface area (Å²) in [6, 6.07) is 19.7. The third-order valence-corrected chi connectivity index (χ3v) is 5.09. The highest BCUT2D eigenvalue weighted by Crippen LogP contribution is 2.30. The SMILES string of the molecule is CCOC(=O)c1cc2ccc(OCc3ccc4ccccc4n3)cc2s1. The molecular formula is C21H17NO3S. The van der Waals surface area contributed by atoms with Gasteiger partial charge in [-0.3, -0.25) is 0 Å². The van der Waals surface area contributed by atoms with Gasteiger partial charge >= 0.3 is 5.97 Å². The topological polar surface area (TPSA) is 48.4 Å². The smallest absolute Gasteiger partial charge is 0.348 e. The molecule has 0 atom stereocenters. The number of carbonyl (C=O) groups excluding carboxylic acids is 1. The quantitative estimate of drug-likeness (QED) is 0.457. The molecule has 0 aliphatic rings. The van der Waals surface area contributed by atoms with Crippen molar-refractivity contribution in [3.05, 3.63) is 71.2 Å². The van der Waals surface area contributed by atoms with Crippen molar-refractivity contribution in [3.8, 4) is 5.75 Å². The number of thiophene rings is 1. The molecule has 2 heterocycles. The Hall–Kier alpha value is -2.92. The van der Waals surface area contributed by atoms with E-state index in [0.29, 0.717) is 18.1 Å². The summed E-state index contributed by atoms with van der Waals surface area (Å²) in [5.74, 6) is 0.473. The summed E-state index contributed by atoms with van der Waals surface area (Å²) in [5.41, 5.74) is 1.84. The van der Waals surface area contributed by atoms with Crippen LogP contribution in [0.25, 0.3) is 21.0 Å². The first-order valence-corrected chi connectivity index (χ1v) is 9.23. The molecule has 0 bridgehead atoms. The first-order chi connectivity index (χ1) is 12.7. The molecule has 4 nitrogen and oxygen atoms in total. The monoisotopic (exact) mass is 363 g/mol. The van der Waals surface area contributed by atoms with E-state index >= 15 is 0 Å². The summed E-state index contributed by atoms with van der Waals surface area (Å²) < 4.78 is 12.0. The van der Waals surface area contributed by atoms with Crippen LogP contribution in [0.15, 0.2) is 60.7 Å². The highest BCUT2D eigenvalue weighted by atomic mass is 32.1. The van der Waals surface area contributed by atoms with E-state index in [1.807, 2.05) is 54.6 Å². The van der Waals surface area contributed by atoms with Crippen molar-refractivity contribution >= 4 is 38.3 Å². The van der Waals surface area contributed by atoms with E-state index in [9.17, 15) is 4.79 Å². The van der Waals surface area contributed by atoms with Crippen LogP contribution in [0.1, 0.15) is 22.3 Å².